The van der Waals surface area contributed by atoms with Gasteiger partial charge in [-0.05, 0) is 73.3 Å². The van der Waals surface area contributed by atoms with Crippen LogP contribution in [0.5, 0.6) is 5.75 Å². The molecule has 178 valence electrons. The summed E-state index contributed by atoms with van der Waals surface area (Å²) in [6, 6.07) is 2.94. The van der Waals surface area contributed by atoms with E-state index in [1.807, 2.05) is 13.8 Å². The smallest absolute Gasteiger partial charge is 0.408 e. The van der Waals surface area contributed by atoms with Gasteiger partial charge in [-0.2, -0.15) is 0 Å². The minimum atomic E-state index is -1.02. The van der Waals surface area contributed by atoms with Crippen LogP contribution in [0.4, 0.5) is 4.79 Å². The topological polar surface area (TPSA) is 108 Å². The Morgan fingerprint density at radius 2 is 1.75 bits per heavy atom. The average molecular weight is 448 g/mol. The number of carbonyl (C=O) groups excluding carboxylic acids is 3. The van der Waals surface area contributed by atoms with Crippen molar-refractivity contribution >= 4 is 17.9 Å². The number of phenolic OH excluding ortho intramolecular Hbond substituents is 1. The Morgan fingerprint density at radius 3 is 2.25 bits per heavy atom. The molecule has 8 heteroatoms. The summed E-state index contributed by atoms with van der Waals surface area (Å²) in [4.78, 5) is 40.7. The zero-order chi connectivity index (χ0) is 24.2. The number of nitrogens with one attached hydrogen (secondary N) is 2. The number of hydrogen-bond donors (Lipinski definition) is 3. The monoisotopic (exact) mass is 447 g/mol. The van der Waals surface area contributed by atoms with Crippen LogP contribution in [-0.2, 0) is 14.3 Å². The molecule has 0 saturated heterocycles. The van der Waals surface area contributed by atoms with Crippen molar-refractivity contribution in [3.63, 3.8) is 0 Å². The Kier molecular flexibility index (Phi) is 8.15. The van der Waals surface area contributed by atoms with Gasteiger partial charge in [0.2, 0.25) is 11.8 Å². The number of para-hydroxylation sites is 1. The summed E-state index contributed by atoms with van der Waals surface area (Å²) in [5, 5.41) is 16.2. The normalized spacial score (nSPS) is 16.0. The van der Waals surface area contributed by atoms with Crippen molar-refractivity contribution in [3.05, 3.63) is 29.3 Å². The Hall–Kier alpha value is -2.77. The highest BCUT2D eigenvalue weighted by Gasteiger charge is 2.42. The van der Waals surface area contributed by atoms with E-state index in [0.29, 0.717) is 11.1 Å². The zero-order valence-corrected chi connectivity index (χ0v) is 20.2. The van der Waals surface area contributed by atoms with E-state index >= 15 is 0 Å². The third kappa shape index (κ3) is 6.37. The van der Waals surface area contributed by atoms with Crippen LogP contribution < -0.4 is 10.6 Å². The minimum Gasteiger partial charge on any atom is -0.507 e. The number of ether oxygens (including phenoxy) is 1. The van der Waals surface area contributed by atoms with Gasteiger partial charge in [0.05, 0.1) is 0 Å². The molecule has 0 heterocycles. The van der Waals surface area contributed by atoms with Crippen molar-refractivity contribution in [1.29, 1.82) is 0 Å². The number of nitrogens with zero attached hydrogens (tertiary/aromatic N) is 1. The summed E-state index contributed by atoms with van der Waals surface area (Å²) < 4.78 is 5.28. The molecule has 1 aliphatic rings. The first-order valence-corrected chi connectivity index (χ1v) is 11.2. The highest BCUT2D eigenvalue weighted by Crippen LogP contribution is 2.37. The van der Waals surface area contributed by atoms with E-state index in [1.54, 1.807) is 52.8 Å². The molecule has 3 N–H and O–H groups in total. The molecule has 0 aromatic heterocycles. The Balaban J connectivity index is 2.42. The van der Waals surface area contributed by atoms with Crippen LogP contribution in [0.25, 0.3) is 0 Å². The lowest BCUT2D eigenvalue weighted by atomic mass is 9.87. The van der Waals surface area contributed by atoms with Gasteiger partial charge in [0.25, 0.3) is 0 Å². The number of amides is 3. The van der Waals surface area contributed by atoms with Crippen molar-refractivity contribution < 1.29 is 24.2 Å². The number of phenols is 1. The Labute approximate surface area is 190 Å². The molecule has 1 fully saturated rings. The highest BCUT2D eigenvalue weighted by atomic mass is 16.6. The number of hydrogen-bond acceptors (Lipinski definition) is 5. The highest BCUT2D eigenvalue weighted by molar-refractivity contribution is 5.92. The zero-order valence-electron chi connectivity index (χ0n) is 20.2. The molecule has 0 radical (unpaired) electrons. The lowest BCUT2D eigenvalue weighted by Gasteiger charge is -2.43. The maximum atomic E-state index is 13.6. The Bertz CT molecular complexity index is 843. The molecule has 0 spiro atoms. The molecule has 3 amide bonds. The molecule has 1 aromatic rings. The molecule has 1 saturated carbocycles. The second-order valence-corrected chi connectivity index (χ2v) is 9.78. The maximum Gasteiger partial charge on any atom is 0.408 e. The first-order valence-electron chi connectivity index (χ1n) is 11.2. The molecule has 2 rings (SSSR count). The quantitative estimate of drug-likeness (QED) is 0.592. The van der Waals surface area contributed by atoms with Gasteiger partial charge in [-0.15, -0.1) is 0 Å². The average Bonchev–Trinajstić information content (AvgIpc) is 2.60. The van der Waals surface area contributed by atoms with Crippen LogP contribution in [-0.4, -0.2) is 51.6 Å². The van der Waals surface area contributed by atoms with E-state index < -0.39 is 29.7 Å². The standard InChI is InChI=1S/C24H37N3O5/c1-14(2)25-21(29)19(18-13-8-10-15(3)20(18)28)27(17-11-9-12-17)22(30)16(4)26-23(31)32-24(5,6)7/h8,10,13-14,16-17,19,28H,9,11-12H2,1-7H3,(H,25,29)(H,26,31). The summed E-state index contributed by atoms with van der Waals surface area (Å²) in [6.07, 6.45) is 1.75. The molecule has 32 heavy (non-hydrogen) atoms. The Morgan fingerprint density at radius 1 is 1.12 bits per heavy atom. The molecule has 1 aliphatic carbocycles. The van der Waals surface area contributed by atoms with E-state index in [1.165, 1.54) is 4.90 Å². The number of aryl methyl sites for hydroxylation is 1. The maximum absolute atomic E-state index is 13.6. The third-order valence-electron chi connectivity index (χ3n) is 5.35. The van der Waals surface area contributed by atoms with E-state index in [4.69, 9.17) is 4.74 Å². The number of aromatic hydroxyl groups is 1. The number of rotatable bonds is 7. The lowest BCUT2D eigenvalue weighted by Crippen LogP contribution is -2.57. The van der Waals surface area contributed by atoms with Crippen LogP contribution >= 0.6 is 0 Å². The van der Waals surface area contributed by atoms with Crippen molar-refractivity contribution in [1.82, 2.24) is 15.5 Å². The predicted molar refractivity (Wildman–Crippen MR) is 122 cm³/mol. The summed E-state index contributed by atoms with van der Waals surface area (Å²) in [7, 11) is 0. The second kappa shape index (κ2) is 10.2. The van der Waals surface area contributed by atoms with Gasteiger partial charge in [-0.25, -0.2) is 4.79 Å². The fourth-order valence-electron chi connectivity index (χ4n) is 3.64. The summed E-state index contributed by atoms with van der Waals surface area (Å²) in [5.41, 5.74) is 0.284. The molecule has 0 bridgehead atoms. The molecule has 8 nitrogen and oxygen atoms in total. The van der Waals surface area contributed by atoms with Crippen LogP contribution in [0.3, 0.4) is 0 Å². The first kappa shape index (κ1) is 25.5. The fraction of sp³-hybridized carbons (Fsp3) is 0.625. The summed E-state index contributed by atoms with van der Waals surface area (Å²) in [6.45, 7) is 12.2. The van der Waals surface area contributed by atoms with Gasteiger partial charge in [-0.1, -0.05) is 18.2 Å². The van der Waals surface area contributed by atoms with Crippen LogP contribution in [0.1, 0.15) is 78.0 Å². The first-order chi connectivity index (χ1) is 14.8. The molecule has 2 atom stereocenters. The van der Waals surface area contributed by atoms with Gasteiger partial charge < -0.3 is 25.4 Å². The van der Waals surface area contributed by atoms with Gasteiger partial charge in [0.1, 0.15) is 23.4 Å². The molecule has 2 unspecified atom stereocenters. The lowest BCUT2D eigenvalue weighted by molar-refractivity contribution is -0.147. The van der Waals surface area contributed by atoms with Gasteiger partial charge in [0, 0.05) is 17.6 Å². The third-order valence-corrected chi connectivity index (χ3v) is 5.35. The summed E-state index contributed by atoms with van der Waals surface area (Å²) in [5.74, 6) is -0.780. The van der Waals surface area contributed by atoms with E-state index in [-0.39, 0.29) is 23.7 Å². The van der Waals surface area contributed by atoms with E-state index in [0.717, 1.165) is 19.3 Å². The summed E-state index contributed by atoms with van der Waals surface area (Å²) >= 11 is 0. The van der Waals surface area contributed by atoms with Gasteiger partial charge in [0.15, 0.2) is 0 Å². The number of carbonyl (C=O) groups is 3. The molecule has 1 aromatic carbocycles. The number of benzene rings is 1. The number of alkyl carbamates (subject to hydrolysis) is 1. The van der Waals surface area contributed by atoms with E-state index in [2.05, 4.69) is 10.6 Å². The van der Waals surface area contributed by atoms with Crippen molar-refractivity contribution in [2.24, 2.45) is 0 Å². The van der Waals surface area contributed by atoms with Gasteiger partial charge in [-0.3, -0.25) is 9.59 Å². The van der Waals surface area contributed by atoms with Crippen molar-refractivity contribution in [3.8, 4) is 5.75 Å². The second-order valence-electron chi connectivity index (χ2n) is 9.78. The molecular formula is C24H37N3O5. The van der Waals surface area contributed by atoms with E-state index in [9.17, 15) is 19.5 Å². The van der Waals surface area contributed by atoms with Crippen molar-refractivity contribution in [2.75, 3.05) is 0 Å². The predicted octanol–water partition coefficient (Wildman–Crippen LogP) is 3.56. The van der Waals surface area contributed by atoms with Crippen molar-refractivity contribution in [2.45, 2.75) is 97.5 Å². The SMILES string of the molecule is Cc1cccc(C(C(=O)NC(C)C)N(C(=O)C(C)NC(=O)OC(C)(C)C)C2CCC2)c1O. The minimum absolute atomic E-state index is 0.0127. The van der Waals surface area contributed by atoms with Gasteiger partial charge >= 0.3 is 6.09 Å². The van der Waals surface area contributed by atoms with Crippen LogP contribution in [0.2, 0.25) is 0 Å². The fourth-order valence-corrected chi connectivity index (χ4v) is 3.64. The molecule has 0 aliphatic heterocycles. The molecular weight excluding hydrogens is 410 g/mol. The largest absolute Gasteiger partial charge is 0.507 e. The van der Waals surface area contributed by atoms with Crippen LogP contribution in [0, 0.1) is 6.92 Å². The van der Waals surface area contributed by atoms with Crippen LogP contribution in [0.15, 0.2) is 18.2 Å².